The van der Waals surface area contributed by atoms with Crippen LogP contribution in [0.5, 0.6) is 0 Å². The number of rotatable bonds is 2. The van der Waals surface area contributed by atoms with Crippen molar-refractivity contribution in [2.45, 2.75) is 39.5 Å². The molecule has 3 heteroatoms. The fraction of sp³-hybridized carbons (Fsp3) is 0.667. The zero-order chi connectivity index (χ0) is 8.43. The van der Waals surface area contributed by atoms with Gasteiger partial charge in [0.25, 0.3) is 0 Å². The molecule has 1 radical (unpaired) electrons. The molecule has 0 fully saturated rings. The van der Waals surface area contributed by atoms with Crippen molar-refractivity contribution in [2.24, 2.45) is 0 Å². The Labute approximate surface area is 104 Å². The molecule has 1 heterocycles. The molecule has 1 rings (SSSR count). The molecule has 0 unspecified atom stereocenters. The Morgan fingerprint density at radius 2 is 1.75 bits per heavy atom. The van der Waals surface area contributed by atoms with E-state index in [1.54, 1.807) is 0 Å². The molecule has 0 aliphatic rings. The summed E-state index contributed by atoms with van der Waals surface area (Å²) in [5, 5.41) is 3.22. The number of aromatic nitrogens is 1. The molecule has 0 saturated heterocycles. The molecule has 1 aromatic rings. The van der Waals surface area contributed by atoms with E-state index in [1.165, 1.54) is 22.8 Å². The molecule has 0 saturated carbocycles. The van der Waals surface area contributed by atoms with Crippen molar-refractivity contribution in [1.82, 2.24) is 4.37 Å². The van der Waals surface area contributed by atoms with Crippen LogP contribution in [-0.4, -0.2) is 4.37 Å². The quantitative estimate of drug-likeness (QED) is 0.741. The van der Waals surface area contributed by atoms with Crippen molar-refractivity contribution >= 4 is 11.5 Å². The van der Waals surface area contributed by atoms with Crippen LogP contribution in [0.4, 0.5) is 0 Å². The zero-order valence-corrected chi connectivity index (χ0v) is 11.7. The Balaban J connectivity index is 0.00000121. The third kappa shape index (κ3) is 2.90. The molecule has 0 atom stereocenters. The Morgan fingerprint density at radius 1 is 1.17 bits per heavy atom. The van der Waals surface area contributed by atoms with Gasteiger partial charge in [-0.25, -0.2) is 0 Å². The first-order valence-electron chi connectivity index (χ1n) is 4.00. The first-order chi connectivity index (χ1) is 5.13. The fourth-order valence-corrected chi connectivity index (χ4v) is 1.94. The van der Waals surface area contributed by atoms with Crippen LogP contribution in [0.25, 0.3) is 0 Å². The van der Waals surface area contributed by atoms with E-state index in [0.717, 1.165) is 0 Å². The Kier molecular flexibility index (Phi) is 5.80. The molecule has 0 N–H and O–H groups in total. The molecule has 1 nitrogen and oxygen atoms in total. The summed E-state index contributed by atoms with van der Waals surface area (Å²) in [4.78, 5) is 0. The molecule has 0 bridgehead atoms. The van der Waals surface area contributed by atoms with Gasteiger partial charge in [0, 0.05) is 32.7 Å². The van der Waals surface area contributed by atoms with Gasteiger partial charge >= 0.3 is 0 Å². The average Bonchev–Trinajstić information content (AvgIpc) is 2.32. The van der Waals surface area contributed by atoms with Gasteiger partial charge in [-0.05, 0) is 0 Å². The van der Waals surface area contributed by atoms with E-state index < -0.39 is 0 Å². The molecule has 0 aliphatic carbocycles. The smallest absolute Gasteiger partial charge is 0 e. The van der Waals surface area contributed by atoms with E-state index in [0.29, 0.717) is 11.8 Å². The van der Waals surface area contributed by atoms with Crippen molar-refractivity contribution in [2.75, 3.05) is 0 Å². The summed E-state index contributed by atoms with van der Waals surface area (Å²) in [6.45, 7) is 8.72. The largest absolute Gasteiger partial charge is 0.313 e. The standard InChI is InChI=1S/C9H14NS.Y/c1-6(2)8-5-11-10-9(8)7(3)4;/h6-7H,1-4H3;/q-1;. The second-order valence-corrected chi connectivity index (χ2v) is 3.96. The molecule has 0 aromatic carbocycles. The second-order valence-electron chi connectivity index (χ2n) is 3.39. The summed E-state index contributed by atoms with van der Waals surface area (Å²) < 4.78 is 4.32. The molecule has 0 spiro atoms. The van der Waals surface area contributed by atoms with E-state index in [2.05, 4.69) is 37.4 Å². The minimum absolute atomic E-state index is 0. The van der Waals surface area contributed by atoms with Crippen LogP contribution in [0.2, 0.25) is 0 Å². The van der Waals surface area contributed by atoms with Crippen molar-refractivity contribution in [1.29, 1.82) is 0 Å². The topological polar surface area (TPSA) is 12.9 Å². The maximum Gasteiger partial charge on any atom is 0 e. The van der Waals surface area contributed by atoms with Crippen LogP contribution >= 0.6 is 11.5 Å². The molecule has 12 heavy (non-hydrogen) atoms. The average molecular weight is 257 g/mol. The second kappa shape index (κ2) is 5.46. The van der Waals surface area contributed by atoms with Crippen molar-refractivity contribution in [3.63, 3.8) is 0 Å². The molecular formula is C9H14NSY-. The van der Waals surface area contributed by atoms with Gasteiger partial charge in [-0.15, -0.1) is 0 Å². The zero-order valence-electron chi connectivity index (χ0n) is 8.09. The normalized spacial score (nSPS) is 10.5. The Morgan fingerprint density at radius 3 is 2.08 bits per heavy atom. The predicted octanol–water partition coefficient (Wildman–Crippen LogP) is 3.19. The van der Waals surface area contributed by atoms with Gasteiger partial charge in [-0.1, -0.05) is 45.2 Å². The fourth-order valence-electron chi connectivity index (χ4n) is 1.05. The maximum atomic E-state index is 4.32. The number of hydrogen-bond donors (Lipinski definition) is 0. The maximum absolute atomic E-state index is 4.32. The molecule has 0 aliphatic heterocycles. The van der Waals surface area contributed by atoms with Crippen molar-refractivity contribution in [3.8, 4) is 0 Å². The number of hydrogen-bond acceptors (Lipinski definition) is 2. The van der Waals surface area contributed by atoms with Gasteiger partial charge < -0.3 is 4.37 Å². The van der Waals surface area contributed by atoms with E-state index in [4.69, 9.17) is 0 Å². The predicted molar refractivity (Wildman–Crippen MR) is 49.1 cm³/mol. The summed E-state index contributed by atoms with van der Waals surface area (Å²) in [6, 6.07) is 0. The van der Waals surface area contributed by atoms with Crippen LogP contribution < -0.4 is 0 Å². The van der Waals surface area contributed by atoms with Crippen LogP contribution in [0.15, 0.2) is 0 Å². The van der Waals surface area contributed by atoms with E-state index in [1.807, 2.05) is 0 Å². The molecular weight excluding hydrogens is 243 g/mol. The number of nitrogens with zero attached hydrogens (tertiary/aromatic N) is 1. The summed E-state index contributed by atoms with van der Waals surface area (Å²) in [6.07, 6.45) is 0. The van der Waals surface area contributed by atoms with E-state index in [-0.39, 0.29) is 32.7 Å². The van der Waals surface area contributed by atoms with Gasteiger partial charge in [-0.2, -0.15) is 22.5 Å². The SMILES string of the molecule is CC(C)c1[c-]snc1C(C)C.[Y]. The monoisotopic (exact) mass is 257 g/mol. The molecule has 1 aromatic heterocycles. The van der Waals surface area contributed by atoms with Crippen LogP contribution in [0.3, 0.4) is 0 Å². The summed E-state index contributed by atoms with van der Waals surface area (Å²) >= 11 is 1.45. The van der Waals surface area contributed by atoms with Crippen molar-refractivity contribution in [3.05, 3.63) is 16.6 Å². The molecule has 0 amide bonds. The summed E-state index contributed by atoms with van der Waals surface area (Å²) in [5.41, 5.74) is 2.52. The Bertz CT molecular complexity index is 208. The third-order valence-corrected chi connectivity index (χ3v) is 2.30. The van der Waals surface area contributed by atoms with Gasteiger partial charge in [0.2, 0.25) is 0 Å². The minimum atomic E-state index is 0. The first kappa shape index (κ1) is 12.7. The first-order valence-corrected chi connectivity index (χ1v) is 4.77. The van der Waals surface area contributed by atoms with E-state index in [9.17, 15) is 0 Å². The van der Waals surface area contributed by atoms with Gasteiger partial charge in [-0.3, -0.25) is 0 Å². The third-order valence-electron chi connectivity index (χ3n) is 1.70. The minimum Gasteiger partial charge on any atom is -0.313 e. The van der Waals surface area contributed by atoms with Crippen LogP contribution in [0, 0.1) is 5.38 Å². The Hall–Kier alpha value is 0.734. The van der Waals surface area contributed by atoms with Crippen molar-refractivity contribution < 1.29 is 32.7 Å². The van der Waals surface area contributed by atoms with Crippen LogP contribution in [-0.2, 0) is 32.7 Å². The van der Waals surface area contributed by atoms with Gasteiger partial charge in [0.1, 0.15) is 0 Å². The van der Waals surface area contributed by atoms with Crippen LogP contribution in [0.1, 0.15) is 50.8 Å². The van der Waals surface area contributed by atoms with Gasteiger partial charge in [0.15, 0.2) is 0 Å². The molecule has 65 valence electrons. The van der Waals surface area contributed by atoms with E-state index >= 15 is 0 Å². The summed E-state index contributed by atoms with van der Waals surface area (Å²) in [5.74, 6) is 1.10. The summed E-state index contributed by atoms with van der Waals surface area (Å²) in [7, 11) is 0. The van der Waals surface area contributed by atoms with Gasteiger partial charge in [0.05, 0.1) is 0 Å².